The summed E-state index contributed by atoms with van der Waals surface area (Å²) in [5.74, 6) is 0. The van der Waals surface area contributed by atoms with Gasteiger partial charge in [0.1, 0.15) is 0 Å². The van der Waals surface area contributed by atoms with Crippen molar-refractivity contribution in [1.82, 2.24) is 4.31 Å². The second kappa shape index (κ2) is 7.04. The molecule has 0 heterocycles. The van der Waals surface area contributed by atoms with E-state index in [2.05, 4.69) is 15.9 Å². The van der Waals surface area contributed by atoms with Crippen molar-refractivity contribution < 1.29 is 8.42 Å². The van der Waals surface area contributed by atoms with Crippen molar-refractivity contribution in [2.45, 2.75) is 31.7 Å². The highest BCUT2D eigenvalue weighted by molar-refractivity contribution is 9.10. The number of aryl methyl sites for hydroxylation is 2. The zero-order valence-electron chi connectivity index (χ0n) is 11.5. The molecule has 2 N–H and O–H groups in total. The van der Waals surface area contributed by atoms with Crippen LogP contribution in [0.2, 0.25) is 0 Å². The molecule has 0 aliphatic heterocycles. The van der Waals surface area contributed by atoms with Gasteiger partial charge in [-0.1, -0.05) is 15.9 Å². The Hall–Kier alpha value is -0.140. The van der Waals surface area contributed by atoms with Gasteiger partial charge in [-0.25, -0.2) is 8.42 Å². The molecule has 1 unspecified atom stereocenters. The van der Waals surface area contributed by atoms with Crippen molar-refractivity contribution >= 4 is 38.4 Å². The summed E-state index contributed by atoms with van der Waals surface area (Å²) >= 11 is 3.40. The second-order valence-corrected chi connectivity index (χ2v) is 7.29. The van der Waals surface area contributed by atoms with Gasteiger partial charge in [0.05, 0.1) is 4.90 Å². The summed E-state index contributed by atoms with van der Waals surface area (Å²) in [7, 11) is -1.93. The molecule has 7 heteroatoms. The Bertz CT molecular complexity index is 549. The van der Waals surface area contributed by atoms with Crippen molar-refractivity contribution in [2.75, 3.05) is 13.6 Å². The van der Waals surface area contributed by atoms with Gasteiger partial charge in [-0.05, 0) is 44.0 Å². The molecule has 4 nitrogen and oxygen atoms in total. The van der Waals surface area contributed by atoms with Crippen LogP contribution < -0.4 is 5.73 Å². The highest BCUT2D eigenvalue weighted by Crippen LogP contribution is 2.26. The fourth-order valence-corrected chi connectivity index (χ4v) is 3.69. The molecule has 1 aromatic carbocycles. The van der Waals surface area contributed by atoms with Crippen LogP contribution in [0.4, 0.5) is 0 Å². The first kappa shape index (κ1) is 18.9. The third-order valence-electron chi connectivity index (χ3n) is 3.08. The van der Waals surface area contributed by atoms with Crippen LogP contribution in [0.3, 0.4) is 0 Å². The normalized spacial score (nSPS) is 13.2. The summed E-state index contributed by atoms with van der Waals surface area (Å²) < 4.78 is 27.2. The van der Waals surface area contributed by atoms with E-state index in [1.54, 1.807) is 27.0 Å². The third-order valence-corrected chi connectivity index (χ3v) is 6.04. The highest BCUT2D eigenvalue weighted by Gasteiger charge is 2.26. The third kappa shape index (κ3) is 3.92. The number of nitrogens with zero attached hydrogens (tertiary/aromatic N) is 1. The molecule has 1 rings (SSSR count). The SMILES string of the molecule is Cc1cc(S(=O)(=O)N(C)C(C)CN)c(C)cc1Br.Cl. The van der Waals surface area contributed by atoms with E-state index in [0.717, 1.165) is 15.6 Å². The molecule has 0 aliphatic carbocycles. The van der Waals surface area contributed by atoms with Gasteiger partial charge >= 0.3 is 0 Å². The monoisotopic (exact) mass is 370 g/mol. The molecule has 110 valence electrons. The average molecular weight is 372 g/mol. The Kier molecular flexibility index (Phi) is 6.99. The van der Waals surface area contributed by atoms with E-state index in [1.165, 1.54) is 4.31 Å². The van der Waals surface area contributed by atoms with Gasteiger partial charge in [-0.15, -0.1) is 12.4 Å². The number of halogens is 2. The van der Waals surface area contributed by atoms with E-state index >= 15 is 0 Å². The van der Waals surface area contributed by atoms with Gasteiger partial charge in [-0.2, -0.15) is 4.31 Å². The quantitative estimate of drug-likeness (QED) is 0.884. The van der Waals surface area contributed by atoms with E-state index < -0.39 is 10.0 Å². The minimum atomic E-state index is -3.49. The van der Waals surface area contributed by atoms with Crippen molar-refractivity contribution in [3.63, 3.8) is 0 Å². The summed E-state index contributed by atoms with van der Waals surface area (Å²) in [6.45, 7) is 5.75. The van der Waals surface area contributed by atoms with Gasteiger partial charge in [-0.3, -0.25) is 0 Å². The van der Waals surface area contributed by atoms with Crippen LogP contribution in [-0.2, 0) is 10.0 Å². The van der Waals surface area contributed by atoms with Crippen LogP contribution in [0.25, 0.3) is 0 Å². The maximum atomic E-state index is 12.5. The molecule has 0 bridgehead atoms. The minimum Gasteiger partial charge on any atom is -0.329 e. The maximum absolute atomic E-state index is 12.5. The molecule has 19 heavy (non-hydrogen) atoms. The van der Waals surface area contributed by atoms with Crippen LogP contribution in [0.1, 0.15) is 18.1 Å². The number of likely N-dealkylation sites (N-methyl/N-ethyl adjacent to an activating group) is 1. The number of hydrogen-bond acceptors (Lipinski definition) is 3. The summed E-state index contributed by atoms with van der Waals surface area (Å²) in [5.41, 5.74) is 7.15. The molecule has 0 fully saturated rings. The largest absolute Gasteiger partial charge is 0.329 e. The summed E-state index contributed by atoms with van der Waals surface area (Å²) in [6.07, 6.45) is 0. The predicted molar refractivity (Wildman–Crippen MR) is 84.3 cm³/mol. The van der Waals surface area contributed by atoms with Gasteiger partial charge in [0, 0.05) is 24.1 Å². The standard InChI is InChI=1S/C12H19BrN2O2S.ClH/c1-8-6-12(9(2)5-11(8)13)18(16,17)15(4)10(3)7-14;/h5-6,10H,7,14H2,1-4H3;1H. The Morgan fingerprint density at radius 1 is 1.32 bits per heavy atom. The van der Waals surface area contributed by atoms with Crippen molar-refractivity contribution in [3.05, 3.63) is 27.7 Å². The van der Waals surface area contributed by atoms with Crippen LogP contribution in [0.15, 0.2) is 21.5 Å². The summed E-state index contributed by atoms with van der Waals surface area (Å²) in [6, 6.07) is 3.29. The van der Waals surface area contributed by atoms with Crippen molar-refractivity contribution in [1.29, 1.82) is 0 Å². The molecule has 0 aliphatic rings. The van der Waals surface area contributed by atoms with Gasteiger partial charge in [0.25, 0.3) is 0 Å². The Labute approximate surface area is 130 Å². The van der Waals surface area contributed by atoms with Gasteiger partial charge in [0.15, 0.2) is 0 Å². The molecule has 1 aromatic rings. The molecule has 0 amide bonds. The topological polar surface area (TPSA) is 63.4 Å². The molecular formula is C12H20BrClN2O2S. The molecule has 0 aromatic heterocycles. The Morgan fingerprint density at radius 3 is 2.32 bits per heavy atom. The number of hydrogen-bond donors (Lipinski definition) is 1. The number of sulfonamides is 1. The summed E-state index contributed by atoms with van der Waals surface area (Å²) in [4.78, 5) is 0.339. The van der Waals surface area contributed by atoms with Gasteiger partial charge < -0.3 is 5.73 Å². The lowest BCUT2D eigenvalue weighted by molar-refractivity contribution is 0.394. The Morgan fingerprint density at radius 2 is 1.84 bits per heavy atom. The first-order valence-electron chi connectivity index (χ1n) is 5.66. The van der Waals surface area contributed by atoms with E-state index in [0.29, 0.717) is 11.4 Å². The molecule has 0 saturated heterocycles. The number of benzene rings is 1. The zero-order chi connectivity index (χ0) is 14.1. The molecule has 0 spiro atoms. The molecular weight excluding hydrogens is 352 g/mol. The van der Waals surface area contributed by atoms with E-state index in [9.17, 15) is 8.42 Å². The lowest BCUT2D eigenvalue weighted by atomic mass is 10.2. The second-order valence-electron chi connectivity index (χ2n) is 4.47. The zero-order valence-corrected chi connectivity index (χ0v) is 14.7. The fraction of sp³-hybridized carbons (Fsp3) is 0.500. The maximum Gasteiger partial charge on any atom is 0.243 e. The van der Waals surface area contributed by atoms with Gasteiger partial charge in [0.2, 0.25) is 10.0 Å². The van der Waals surface area contributed by atoms with Crippen LogP contribution in [0.5, 0.6) is 0 Å². The van der Waals surface area contributed by atoms with E-state index in [4.69, 9.17) is 5.73 Å². The first-order chi connectivity index (χ1) is 8.21. The average Bonchev–Trinajstić information content (AvgIpc) is 2.31. The number of nitrogens with two attached hydrogens (primary N) is 1. The predicted octanol–water partition coefficient (Wildman–Crippen LogP) is 2.46. The fourth-order valence-electron chi connectivity index (χ4n) is 1.57. The lowest BCUT2D eigenvalue weighted by Gasteiger charge is -2.24. The van der Waals surface area contributed by atoms with Crippen LogP contribution in [0, 0.1) is 13.8 Å². The molecule has 0 radical (unpaired) electrons. The van der Waals surface area contributed by atoms with Crippen LogP contribution in [-0.4, -0.2) is 32.4 Å². The Balaban J connectivity index is 0.00000324. The minimum absolute atomic E-state index is 0. The summed E-state index contributed by atoms with van der Waals surface area (Å²) in [5, 5.41) is 0. The molecule has 0 saturated carbocycles. The number of rotatable bonds is 4. The first-order valence-corrected chi connectivity index (χ1v) is 7.90. The van der Waals surface area contributed by atoms with Crippen molar-refractivity contribution in [2.24, 2.45) is 5.73 Å². The van der Waals surface area contributed by atoms with E-state index in [-0.39, 0.29) is 18.4 Å². The smallest absolute Gasteiger partial charge is 0.243 e. The van der Waals surface area contributed by atoms with Crippen LogP contribution >= 0.6 is 28.3 Å². The highest BCUT2D eigenvalue weighted by atomic mass is 79.9. The van der Waals surface area contributed by atoms with E-state index in [1.807, 2.05) is 13.0 Å². The molecule has 1 atom stereocenters. The van der Waals surface area contributed by atoms with Crippen molar-refractivity contribution in [3.8, 4) is 0 Å². The lowest BCUT2D eigenvalue weighted by Crippen LogP contribution is -2.39.